The standard InChI is InChI=1S/C28H33NO4/c1-4-13-32-22-11-7-20(8-12-22)24-16-27(31)29-25-14-21(15-26(30)28(24)25)19-5-9-23(10-6-19)33-17-18(2)3/h5-12,18,21,24H,4,13-17H2,1-3H3,(H,29,31). The summed E-state index contributed by atoms with van der Waals surface area (Å²) < 4.78 is 11.5. The van der Waals surface area contributed by atoms with Gasteiger partial charge in [0.2, 0.25) is 5.91 Å². The fourth-order valence-electron chi connectivity index (χ4n) is 4.60. The van der Waals surface area contributed by atoms with Crippen LogP contribution in [0.25, 0.3) is 0 Å². The third kappa shape index (κ3) is 5.47. The second-order valence-corrected chi connectivity index (χ2v) is 9.42. The molecule has 2 unspecified atom stereocenters. The Labute approximate surface area is 196 Å². The predicted octanol–water partition coefficient (Wildman–Crippen LogP) is 5.51. The van der Waals surface area contributed by atoms with Crippen LogP contribution in [0.2, 0.25) is 0 Å². The topological polar surface area (TPSA) is 64.6 Å². The number of Topliss-reactive ketones (excluding diaryl/α,β-unsaturated/α-hetero) is 1. The van der Waals surface area contributed by atoms with E-state index in [1.165, 1.54) is 0 Å². The van der Waals surface area contributed by atoms with Gasteiger partial charge in [0.15, 0.2) is 5.78 Å². The van der Waals surface area contributed by atoms with E-state index in [0.29, 0.717) is 38.4 Å². The molecule has 1 N–H and O–H groups in total. The van der Waals surface area contributed by atoms with Crippen molar-refractivity contribution in [2.45, 2.75) is 58.3 Å². The van der Waals surface area contributed by atoms with Crippen molar-refractivity contribution in [2.24, 2.45) is 5.92 Å². The Morgan fingerprint density at radius 1 is 0.879 bits per heavy atom. The molecule has 1 heterocycles. The summed E-state index contributed by atoms with van der Waals surface area (Å²) in [6.07, 6.45) is 2.36. The molecule has 2 aliphatic rings. The van der Waals surface area contributed by atoms with Crippen LogP contribution in [0.15, 0.2) is 59.8 Å². The Hall–Kier alpha value is -3.08. The number of carbonyl (C=O) groups excluding carboxylic acids is 2. The Bertz CT molecular complexity index is 1020. The number of ether oxygens (including phenoxy) is 2. The summed E-state index contributed by atoms with van der Waals surface area (Å²) in [6, 6.07) is 15.8. The fourth-order valence-corrected chi connectivity index (χ4v) is 4.60. The molecule has 33 heavy (non-hydrogen) atoms. The Morgan fingerprint density at radius 3 is 2.15 bits per heavy atom. The minimum absolute atomic E-state index is 0.0315. The Balaban J connectivity index is 1.53. The van der Waals surface area contributed by atoms with Gasteiger partial charge in [-0.25, -0.2) is 0 Å². The van der Waals surface area contributed by atoms with Gasteiger partial charge in [0.05, 0.1) is 13.2 Å². The number of allylic oxidation sites excluding steroid dienone is 2. The third-order valence-electron chi connectivity index (χ3n) is 6.23. The minimum atomic E-state index is -0.200. The van der Waals surface area contributed by atoms with E-state index in [1.807, 2.05) is 48.5 Å². The fraction of sp³-hybridized carbons (Fsp3) is 0.429. The van der Waals surface area contributed by atoms with E-state index in [-0.39, 0.29) is 23.5 Å². The number of rotatable bonds is 8. The molecule has 0 bridgehead atoms. The molecule has 1 aliphatic carbocycles. The molecule has 0 fully saturated rings. The molecule has 0 saturated heterocycles. The minimum Gasteiger partial charge on any atom is -0.494 e. The Morgan fingerprint density at radius 2 is 1.52 bits per heavy atom. The lowest BCUT2D eigenvalue weighted by molar-refractivity contribution is -0.122. The lowest BCUT2D eigenvalue weighted by atomic mass is 9.73. The van der Waals surface area contributed by atoms with Crippen molar-refractivity contribution < 1.29 is 19.1 Å². The molecule has 1 amide bonds. The van der Waals surface area contributed by atoms with Gasteiger partial charge in [-0.05, 0) is 60.1 Å². The van der Waals surface area contributed by atoms with E-state index < -0.39 is 0 Å². The number of benzene rings is 2. The highest BCUT2D eigenvalue weighted by Crippen LogP contribution is 2.43. The molecule has 0 spiro atoms. The number of amides is 1. The summed E-state index contributed by atoms with van der Waals surface area (Å²) in [5, 5.41) is 3.00. The molecule has 4 rings (SSSR count). The first kappa shape index (κ1) is 23.1. The second kappa shape index (κ2) is 10.2. The van der Waals surface area contributed by atoms with Gasteiger partial charge < -0.3 is 14.8 Å². The van der Waals surface area contributed by atoms with Crippen molar-refractivity contribution >= 4 is 11.7 Å². The molecular weight excluding hydrogens is 414 g/mol. The first-order valence-electron chi connectivity index (χ1n) is 12.0. The van der Waals surface area contributed by atoms with Gasteiger partial charge in [-0.1, -0.05) is 45.0 Å². The maximum atomic E-state index is 13.3. The van der Waals surface area contributed by atoms with Gasteiger partial charge >= 0.3 is 0 Å². The third-order valence-corrected chi connectivity index (χ3v) is 6.23. The summed E-state index contributed by atoms with van der Waals surface area (Å²) in [6.45, 7) is 7.66. The average molecular weight is 448 g/mol. The molecule has 174 valence electrons. The van der Waals surface area contributed by atoms with E-state index in [0.717, 1.165) is 40.3 Å². The van der Waals surface area contributed by atoms with E-state index >= 15 is 0 Å². The van der Waals surface area contributed by atoms with Crippen molar-refractivity contribution in [1.82, 2.24) is 5.32 Å². The maximum absolute atomic E-state index is 13.3. The summed E-state index contributed by atoms with van der Waals surface area (Å²) in [7, 11) is 0. The number of carbonyl (C=O) groups is 2. The van der Waals surface area contributed by atoms with Gasteiger partial charge in [0, 0.05) is 30.0 Å². The van der Waals surface area contributed by atoms with Gasteiger partial charge in [0.1, 0.15) is 11.5 Å². The highest BCUT2D eigenvalue weighted by Gasteiger charge is 2.38. The second-order valence-electron chi connectivity index (χ2n) is 9.42. The van der Waals surface area contributed by atoms with Crippen LogP contribution >= 0.6 is 0 Å². The number of ketones is 1. The monoisotopic (exact) mass is 447 g/mol. The van der Waals surface area contributed by atoms with E-state index in [1.54, 1.807) is 0 Å². The first-order chi connectivity index (χ1) is 15.9. The van der Waals surface area contributed by atoms with Crippen molar-refractivity contribution in [2.75, 3.05) is 13.2 Å². The molecule has 2 aromatic carbocycles. The summed E-state index contributed by atoms with van der Waals surface area (Å²) >= 11 is 0. The number of nitrogens with one attached hydrogen (secondary N) is 1. The summed E-state index contributed by atoms with van der Waals surface area (Å²) in [4.78, 5) is 25.8. The van der Waals surface area contributed by atoms with Crippen LogP contribution in [0.3, 0.4) is 0 Å². The van der Waals surface area contributed by atoms with E-state index in [2.05, 4.69) is 26.1 Å². The molecule has 5 heteroatoms. The molecule has 0 saturated carbocycles. The van der Waals surface area contributed by atoms with Crippen molar-refractivity contribution in [3.8, 4) is 11.5 Å². The molecular formula is C28H33NO4. The molecule has 0 aromatic heterocycles. The SMILES string of the molecule is CCCOc1ccc(C2CC(=O)NC3=C2C(=O)CC(c2ccc(OCC(C)C)cc2)C3)cc1. The lowest BCUT2D eigenvalue weighted by Crippen LogP contribution is -2.38. The predicted molar refractivity (Wildman–Crippen MR) is 129 cm³/mol. The van der Waals surface area contributed by atoms with Crippen LogP contribution in [0.4, 0.5) is 0 Å². The average Bonchev–Trinajstić information content (AvgIpc) is 2.81. The quantitative estimate of drug-likeness (QED) is 0.579. The zero-order chi connectivity index (χ0) is 23.4. The van der Waals surface area contributed by atoms with Crippen LogP contribution in [0, 0.1) is 5.92 Å². The lowest BCUT2D eigenvalue weighted by Gasteiger charge is -2.34. The maximum Gasteiger partial charge on any atom is 0.225 e. The van der Waals surface area contributed by atoms with Crippen LogP contribution in [-0.2, 0) is 9.59 Å². The van der Waals surface area contributed by atoms with Gasteiger partial charge in [0.25, 0.3) is 0 Å². The van der Waals surface area contributed by atoms with Gasteiger partial charge in [-0.15, -0.1) is 0 Å². The highest BCUT2D eigenvalue weighted by atomic mass is 16.5. The molecule has 2 aromatic rings. The first-order valence-corrected chi connectivity index (χ1v) is 12.0. The zero-order valence-corrected chi connectivity index (χ0v) is 19.7. The van der Waals surface area contributed by atoms with E-state index in [4.69, 9.17) is 9.47 Å². The summed E-state index contributed by atoms with van der Waals surface area (Å²) in [5.41, 5.74) is 3.63. The van der Waals surface area contributed by atoms with E-state index in [9.17, 15) is 9.59 Å². The summed E-state index contributed by atoms with van der Waals surface area (Å²) in [5.74, 6) is 2.06. The smallest absolute Gasteiger partial charge is 0.225 e. The van der Waals surface area contributed by atoms with Crippen LogP contribution in [-0.4, -0.2) is 24.9 Å². The van der Waals surface area contributed by atoms with Crippen LogP contribution < -0.4 is 14.8 Å². The van der Waals surface area contributed by atoms with Gasteiger partial charge in [-0.3, -0.25) is 9.59 Å². The van der Waals surface area contributed by atoms with Crippen molar-refractivity contribution in [1.29, 1.82) is 0 Å². The Kier molecular flexibility index (Phi) is 7.17. The zero-order valence-electron chi connectivity index (χ0n) is 19.7. The number of hydrogen-bond donors (Lipinski definition) is 1. The molecule has 2 atom stereocenters. The van der Waals surface area contributed by atoms with Crippen molar-refractivity contribution in [3.63, 3.8) is 0 Å². The van der Waals surface area contributed by atoms with Gasteiger partial charge in [-0.2, -0.15) is 0 Å². The normalized spacial score (nSPS) is 20.5. The molecule has 0 radical (unpaired) electrons. The largest absolute Gasteiger partial charge is 0.494 e. The highest BCUT2D eigenvalue weighted by molar-refractivity contribution is 6.02. The molecule has 1 aliphatic heterocycles. The van der Waals surface area contributed by atoms with Crippen molar-refractivity contribution in [3.05, 3.63) is 70.9 Å². The number of hydrogen-bond acceptors (Lipinski definition) is 4. The van der Waals surface area contributed by atoms with Crippen LogP contribution in [0.5, 0.6) is 11.5 Å². The van der Waals surface area contributed by atoms with Crippen LogP contribution in [0.1, 0.15) is 69.4 Å². The molecule has 5 nitrogen and oxygen atoms in total.